The van der Waals surface area contributed by atoms with Gasteiger partial charge in [0.2, 0.25) is 0 Å². The fourth-order valence-electron chi connectivity index (χ4n) is 3.37. The van der Waals surface area contributed by atoms with Crippen LogP contribution in [0.3, 0.4) is 0 Å². The van der Waals surface area contributed by atoms with Crippen molar-refractivity contribution < 1.29 is 0 Å². The second-order valence-electron chi connectivity index (χ2n) is 6.55. The van der Waals surface area contributed by atoms with Gasteiger partial charge in [0.05, 0.1) is 12.0 Å². The maximum absolute atomic E-state index is 11.6. The van der Waals surface area contributed by atoms with Gasteiger partial charge in [0, 0.05) is 54.8 Å². The first-order valence-corrected chi connectivity index (χ1v) is 8.75. The van der Waals surface area contributed by atoms with Crippen LogP contribution in [0.15, 0.2) is 47.8 Å². The molecule has 0 aliphatic carbocycles. The molecular formula is C19H20N6O. The lowest BCUT2D eigenvalue weighted by Crippen LogP contribution is -2.35. The van der Waals surface area contributed by atoms with Crippen LogP contribution in [-0.4, -0.2) is 38.0 Å². The molecule has 1 aliphatic heterocycles. The summed E-state index contributed by atoms with van der Waals surface area (Å²) in [5, 5.41) is 0. The summed E-state index contributed by atoms with van der Waals surface area (Å²) < 4.78 is 0. The normalized spacial score (nSPS) is 17.3. The van der Waals surface area contributed by atoms with E-state index in [4.69, 9.17) is 4.98 Å². The molecule has 1 atom stereocenters. The number of aryl methyl sites for hydroxylation is 1. The van der Waals surface area contributed by atoms with Crippen LogP contribution in [0.25, 0.3) is 11.4 Å². The predicted molar refractivity (Wildman–Crippen MR) is 99.0 cm³/mol. The van der Waals surface area contributed by atoms with Gasteiger partial charge in [0.15, 0.2) is 5.82 Å². The SMILES string of the molecule is Cc1cc(N2CCCC(c3cc(=O)[nH]cn3)C2)nc(-c2cccnc2)n1. The molecule has 1 saturated heterocycles. The van der Waals surface area contributed by atoms with Crippen LogP contribution >= 0.6 is 0 Å². The summed E-state index contributed by atoms with van der Waals surface area (Å²) in [6, 6.07) is 7.45. The maximum Gasteiger partial charge on any atom is 0.250 e. The molecule has 1 aliphatic rings. The van der Waals surface area contributed by atoms with E-state index >= 15 is 0 Å². The minimum absolute atomic E-state index is 0.108. The Morgan fingerprint density at radius 2 is 2.19 bits per heavy atom. The van der Waals surface area contributed by atoms with Gasteiger partial charge in [-0.3, -0.25) is 9.78 Å². The number of anilines is 1. The van der Waals surface area contributed by atoms with E-state index in [0.717, 1.165) is 48.7 Å². The van der Waals surface area contributed by atoms with Crippen LogP contribution in [0, 0.1) is 6.92 Å². The van der Waals surface area contributed by atoms with Gasteiger partial charge in [-0.05, 0) is 31.9 Å². The number of rotatable bonds is 3. The van der Waals surface area contributed by atoms with Gasteiger partial charge in [-0.25, -0.2) is 15.0 Å². The summed E-state index contributed by atoms with van der Waals surface area (Å²) in [6.45, 7) is 3.70. The highest BCUT2D eigenvalue weighted by Crippen LogP contribution is 2.28. The number of nitrogens with zero attached hydrogens (tertiary/aromatic N) is 5. The molecule has 3 aromatic rings. The number of hydrogen-bond acceptors (Lipinski definition) is 6. The zero-order valence-corrected chi connectivity index (χ0v) is 14.6. The van der Waals surface area contributed by atoms with Gasteiger partial charge in [0.25, 0.3) is 5.56 Å². The molecular weight excluding hydrogens is 328 g/mol. The third kappa shape index (κ3) is 3.46. The van der Waals surface area contributed by atoms with Crippen molar-refractivity contribution in [1.29, 1.82) is 0 Å². The predicted octanol–water partition coefficient (Wildman–Crippen LogP) is 2.31. The molecule has 7 heteroatoms. The monoisotopic (exact) mass is 348 g/mol. The standard InChI is InChI=1S/C19H20N6O/c1-13-8-17(24-19(23-13)14-4-2-6-20-10-14)25-7-3-5-15(11-25)16-9-18(26)22-12-21-16/h2,4,6,8-10,12,15H,3,5,7,11H2,1H3,(H,21,22,26). The summed E-state index contributed by atoms with van der Waals surface area (Å²) in [5.41, 5.74) is 2.56. The molecule has 4 rings (SSSR count). The van der Waals surface area contributed by atoms with Gasteiger partial charge in [-0.2, -0.15) is 0 Å². The molecule has 4 heterocycles. The van der Waals surface area contributed by atoms with E-state index in [9.17, 15) is 4.79 Å². The number of aromatic amines is 1. The Labute approximate surface area is 151 Å². The Morgan fingerprint density at radius 1 is 1.27 bits per heavy atom. The molecule has 3 aromatic heterocycles. The Hall–Kier alpha value is -3.09. The number of pyridine rings is 1. The van der Waals surface area contributed by atoms with E-state index in [1.54, 1.807) is 18.5 Å². The van der Waals surface area contributed by atoms with E-state index in [1.807, 2.05) is 25.1 Å². The first-order valence-electron chi connectivity index (χ1n) is 8.75. The van der Waals surface area contributed by atoms with Crippen LogP contribution in [0.2, 0.25) is 0 Å². The van der Waals surface area contributed by atoms with Crippen molar-refractivity contribution >= 4 is 5.82 Å². The van der Waals surface area contributed by atoms with Gasteiger partial charge < -0.3 is 9.88 Å². The largest absolute Gasteiger partial charge is 0.356 e. The van der Waals surface area contributed by atoms with Crippen molar-refractivity contribution in [2.24, 2.45) is 0 Å². The lowest BCUT2D eigenvalue weighted by molar-refractivity contribution is 0.497. The van der Waals surface area contributed by atoms with Crippen molar-refractivity contribution in [3.63, 3.8) is 0 Å². The molecule has 0 aromatic carbocycles. The molecule has 0 spiro atoms. The van der Waals surface area contributed by atoms with Crippen LogP contribution in [0.1, 0.15) is 30.1 Å². The van der Waals surface area contributed by atoms with Crippen molar-refractivity contribution in [1.82, 2.24) is 24.9 Å². The summed E-state index contributed by atoms with van der Waals surface area (Å²) in [4.78, 5) is 34.3. The van der Waals surface area contributed by atoms with Crippen LogP contribution < -0.4 is 10.5 Å². The highest BCUT2D eigenvalue weighted by molar-refractivity contribution is 5.57. The average Bonchev–Trinajstić information content (AvgIpc) is 2.68. The van der Waals surface area contributed by atoms with Crippen molar-refractivity contribution in [2.45, 2.75) is 25.7 Å². The van der Waals surface area contributed by atoms with Gasteiger partial charge in [-0.1, -0.05) is 0 Å². The summed E-state index contributed by atoms with van der Waals surface area (Å²) >= 11 is 0. The van der Waals surface area contributed by atoms with Crippen molar-refractivity contribution in [2.75, 3.05) is 18.0 Å². The smallest absolute Gasteiger partial charge is 0.250 e. The van der Waals surface area contributed by atoms with Crippen molar-refractivity contribution in [3.8, 4) is 11.4 Å². The quantitative estimate of drug-likeness (QED) is 0.781. The average molecular weight is 348 g/mol. The molecule has 1 unspecified atom stereocenters. The first kappa shape index (κ1) is 16.4. The first-order chi connectivity index (χ1) is 12.7. The lowest BCUT2D eigenvalue weighted by atomic mass is 9.94. The van der Waals surface area contributed by atoms with Crippen LogP contribution in [0.5, 0.6) is 0 Å². The second kappa shape index (κ2) is 7.03. The maximum atomic E-state index is 11.6. The molecule has 1 N–H and O–H groups in total. The Morgan fingerprint density at radius 3 is 3.00 bits per heavy atom. The van der Waals surface area contributed by atoms with Crippen LogP contribution in [0.4, 0.5) is 5.82 Å². The van der Waals surface area contributed by atoms with Crippen molar-refractivity contribution in [3.05, 3.63) is 64.7 Å². The fraction of sp³-hybridized carbons (Fsp3) is 0.316. The van der Waals surface area contributed by atoms with Crippen LogP contribution in [-0.2, 0) is 0 Å². The Kier molecular flexibility index (Phi) is 4.43. The zero-order chi connectivity index (χ0) is 17.9. The number of aromatic nitrogens is 5. The van der Waals surface area contributed by atoms with Gasteiger partial charge in [-0.15, -0.1) is 0 Å². The number of hydrogen-bond donors (Lipinski definition) is 1. The highest BCUT2D eigenvalue weighted by atomic mass is 16.1. The van der Waals surface area contributed by atoms with E-state index in [0.29, 0.717) is 5.82 Å². The fourth-order valence-corrected chi connectivity index (χ4v) is 3.37. The zero-order valence-electron chi connectivity index (χ0n) is 14.6. The molecule has 7 nitrogen and oxygen atoms in total. The van der Waals surface area contributed by atoms with E-state index in [2.05, 4.69) is 24.8 Å². The van der Waals surface area contributed by atoms with E-state index in [-0.39, 0.29) is 11.5 Å². The molecule has 132 valence electrons. The Bertz CT molecular complexity index is 955. The van der Waals surface area contributed by atoms with Gasteiger partial charge >= 0.3 is 0 Å². The Balaban J connectivity index is 1.63. The molecule has 0 radical (unpaired) electrons. The molecule has 0 amide bonds. The summed E-state index contributed by atoms with van der Waals surface area (Å²) in [5.74, 6) is 1.82. The minimum atomic E-state index is -0.108. The molecule has 26 heavy (non-hydrogen) atoms. The lowest BCUT2D eigenvalue weighted by Gasteiger charge is -2.33. The highest BCUT2D eigenvalue weighted by Gasteiger charge is 2.24. The summed E-state index contributed by atoms with van der Waals surface area (Å²) in [7, 11) is 0. The minimum Gasteiger partial charge on any atom is -0.356 e. The molecule has 0 saturated carbocycles. The van der Waals surface area contributed by atoms with E-state index < -0.39 is 0 Å². The van der Waals surface area contributed by atoms with E-state index in [1.165, 1.54) is 6.33 Å². The number of H-pyrrole nitrogens is 1. The molecule has 0 bridgehead atoms. The third-order valence-corrected chi connectivity index (χ3v) is 4.62. The van der Waals surface area contributed by atoms with Gasteiger partial charge in [0.1, 0.15) is 5.82 Å². The topological polar surface area (TPSA) is 87.7 Å². The third-order valence-electron chi connectivity index (χ3n) is 4.62. The second-order valence-corrected chi connectivity index (χ2v) is 6.55. The number of piperidine rings is 1. The summed E-state index contributed by atoms with van der Waals surface area (Å²) in [6.07, 6.45) is 7.05. The number of nitrogens with one attached hydrogen (secondary N) is 1. The molecule has 1 fully saturated rings.